The zero-order chi connectivity index (χ0) is 10.4. The van der Waals surface area contributed by atoms with Crippen LogP contribution in [-0.4, -0.2) is 30.4 Å². The summed E-state index contributed by atoms with van der Waals surface area (Å²) in [7, 11) is 0. The maximum atomic E-state index is 7.17. The third-order valence-electron chi connectivity index (χ3n) is 3.10. The number of rotatable bonds is 5. The van der Waals surface area contributed by atoms with E-state index in [1.54, 1.807) is 0 Å². The lowest BCUT2D eigenvalue weighted by Gasteiger charge is -2.31. The number of piperidine rings is 1. The number of nitrogens with one attached hydrogen (secondary N) is 1. The molecule has 1 rings (SSSR count). The van der Waals surface area contributed by atoms with Crippen LogP contribution in [0.4, 0.5) is 0 Å². The summed E-state index contributed by atoms with van der Waals surface area (Å²) in [5, 5.41) is 7.17. The van der Waals surface area contributed by atoms with E-state index in [1.165, 1.54) is 38.8 Å². The Bertz CT molecular complexity index is 171. The molecule has 82 valence electrons. The van der Waals surface area contributed by atoms with E-state index in [1.807, 2.05) is 0 Å². The summed E-state index contributed by atoms with van der Waals surface area (Å²) < 4.78 is 0. The summed E-state index contributed by atoms with van der Waals surface area (Å²) in [4.78, 5) is 2.44. The maximum absolute atomic E-state index is 7.17. The van der Waals surface area contributed by atoms with Crippen LogP contribution in [0.15, 0.2) is 0 Å². The minimum absolute atomic E-state index is 0.320. The Kier molecular flexibility index (Phi) is 4.94. The van der Waals surface area contributed by atoms with Gasteiger partial charge in [0.25, 0.3) is 0 Å². The molecule has 1 heterocycles. The van der Waals surface area contributed by atoms with Crippen molar-refractivity contribution < 1.29 is 0 Å². The van der Waals surface area contributed by atoms with Crippen molar-refractivity contribution in [2.75, 3.05) is 19.6 Å². The van der Waals surface area contributed by atoms with E-state index in [0.717, 1.165) is 18.9 Å². The monoisotopic (exact) mass is 197 g/mol. The molecule has 0 saturated carbocycles. The zero-order valence-corrected chi connectivity index (χ0v) is 9.26. The molecule has 0 spiro atoms. The van der Waals surface area contributed by atoms with Crippen LogP contribution in [0.25, 0.3) is 0 Å². The maximum Gasteiger partial charge on any atom is 0.0918 e. The number of likely N-dealkylation sites (tertiary alicyclic amines) is 1. The highest BCUT2D eigenvalue weighted by atomic mass is 15.1. The quantitative estimate of drug-likeness (QED) is 0.522. The molecule has 1 saturated heterocycles. The van der Waals surface area contributed by atoms with Gasteiger partial charge in [-0.15, -0.1) is 0 Å². The van der Waals surface area contributed by atoms with E-state index in [9.17, 15) is 0 Å². The van der Waals surface area contributed by atoms with Crippen LogP contribution in [-0.2, 0) is 0 Å². The van der Waals surface area contributed by atoms with Crippen LogP contribution >= 0.6 is 0 Å². The third kappa shape index (κ3) is 4.09. The van der Waals surface area contributed by atoms with Crippen molar-refractivity contribution in [3.8, 4) is 0 Å². The fraction of sp³-hybridized carbons (Fsp3) is 0.909. The smallest absolute Gasteiger partial charge is 0.0918 e. The minimum atomic E-state index is 0.320. The number of nitrogens with two attached hydrogens (primary N) is 1. The largest absolute Gasteiger partial charge is 0.388 e. The molecule has 3 heteroatoms. The highest BCUT2D eigenvalue weighted by Gasteiger charge is 2.17. The van der Waals surface area contributed by atoms with Gasteiger partial charge >= 0.3 is 0 Å². The van der Waals surface area contributed by atoms with Gasteiger partial charge in [-0.1, -0.05) is 19.8 Å². The Balaban J connectivity index is 2.12. The molecular formula is C11H23N3. The molecule has 1 aliphatic heterocycles. The first-order valence-corrected chi connectivity index (χ1v) is 5.77. The van der Waals surface area contributed by atoms with Crippen LogP contribution < -0.4 is 5.73 Å². The highest BCUT2D eigenvalue weighted by molar-refractivity contribution is 5.76. The van der Waals surface area contributed by atoms with Crippen LogP contribution in [0.2, 0.25) is 0 Å². The van der Waals surface area contributed by atoms with Gasteiger partial charge in [-0.3, -0.25) is 5.41 Å². The Labute approximate surface area is 87.2 Å². The van der Waals surface area contributed by atoms with Gasteiger partial charge in [0.15, 0.2) is 0 Å². The molecule has 14 heavy (non-hydrogen) atoms. The second-order valence-corrected chi connectivity index (χ2v) is 4.35. The number of hydrogen-bond donors (Lipinski definition) is 2. The van der Waals surface area contributed by atoms with Gasteiger partial charge in [0.1, 0.15) is 0 Å². The Morgan fingerprint density at radius 2 is 2.07 bits per heavy atom. The second-order valence-electron chi connectivity index (χ2n) is 4.35. The molecule has 1 fully saturated rings. The summed E-state index contributed by atoms with van der Waals surface area (Å²) in [5.41, 5.74) is 5.34. The van der Waals surface area contributed by atoms with Crippen LogP contribution in [0.5, 0.6) is 0 Å². The molecule has 3 N–H and O–H groups in total. The molecule has 3 nitrogen and oxygen atoms in total. The van der Waals surface area contributed by atoms with E-state index < -0.39 is 0 Å². The van der Waals surface area contributed by atoms with E-state index in [2.05, 4.69) is 11.8 Å². The zero-order valence-electron chi connectivity index (χ0n) is 9.26. The average Bonchev–Trinajstić information content (AvgIpc) is 2.17. The minimum Gasteiger partial charge on any atom is -0.388 e. The van der Waals surface area contributed by atoms with Crippen molar-refractivity contribution in [3.63, 3.8) is 0 Å². The molecule has 1 aliphatic rings. The number of nitrogens with zero attached hydrogens (tertiary/aromatic N) is 1. The molecule has 0 atom stereocenters. The molecule has 0 unspecified atom stereocenters. The number of amidine groups is 1. The summed E-state index contributed by atoms with van der Waals surface area (Å²) in [6.07, 6.45) is 6.12. The van der Waals surface area contributed by atoms with Crippen molar-refractivity contribution in [3.05, 3.63) is 0 Å². The van der Waals surface area contributed by atoms with Crippen molar-refractivity contribution in [2.45, 2.75) is 39.0 Å². The third-order valence-corrected chi connectivity index (χ3v) is 3.10. The van der Waals surface area contributed by atoms with Gasteiger partial charge in [0.05, 0.1) is 5.84 Å². The molecule has 0 aromatic carbocycles. The molecule has 0 aromatic heterocycles. The average molecular weight is 197 g/mol. The van der Waals surface area contributed by atoms with Crippen LogP contribution in [0.1, 0.15) is 39.0 Å². The molecular weight excluding hydrogens is 174 g/mol. The molecule has 0 amide bonds. The van der Waals surface area contributed by atoms with Crippen LogP contribution in [0, 0.1) is 11.3 Å². The van der Waals surface area contributed by atoms with Crippen molar-refractivity contribution in [2.24, 2.45) is 11.7 Å². The first-order valence-electron chi connectivity index (χ1n) is 5.77. The van der Waals surface area contributed by atoms with Gasteiger partial charge in [0, 0.05) is 13.0 Å². The SMILES string of the molecule is CCCC1CCN(CCC(=N)N)CC1. The lowest BCUT2D eigenvalue weighted by atomic mass is 9.92. The lowest BCUT2D eigenvalue weighted by Crippen LogP contribution is -2.35. The lowest BCUT2D eigenvalue weighted by molar-refractivity contribution is 0.182. The van der Waals surface area contributed by atoms with Crippen molar-refractivity contribution in [1.29, 1.82) is 5.41 Å². The Morgan fingerprint density at radius 3 is 2.57 bits per heavy atom. The summed E-state index contributed by atoms with van der Waals surface area (Å²) in [5.74, 6) is 1.27. The molecule has 0 radical (unpaired) electrons. The predicted molar refractivity (Wildman–Crippen MR) is 60.6 cm³/mol. The van der Waals surface area contributed by atoms with E-state index in [4.69, 9.17) is 11.1 Å². The normalized spacial score (nSPS) is 19.8. The summed E-state index contributed by atoms with van der Waals surface area (Å²) >= 11 is 0. The summed E-state index contributed by atoms with van der Waals surface area (Å²) in [6, 6.07) is 0. The van der Waals surface area contributed by atoms with Gasteiger partial charge in [-0.25, -0.2) is 0 Å². The standard InChI is InChI=1S/C11H23N3/c1-2-3-10-4-7-14(8-5-10)9-6-11(12)13/h10H,2-9H2,1H3,(H3,12,13). The summed E-state index contributed by atoms with van der Waals surface area (Å²) in [6.45, 7) is 5.66. The Morgan fingerprint density at radius 1 is 1.43 bits per heavy atom. The first kappa shape index (κ1) is 11.5. The molecule has 0 aliphatic carbocycles. The van der Waals surface area contributed by atoms with Crippen molar-refractivity contribution in [1.82, 2.24) is 4.90 Å². The topological polar surface area (TPSA) is 53.1 Å². The fourth-order valence-electron chi connectivity index (χ4n) is 2.19. The highest BCUT2D eigenvalue weighted by Crippen LogP contribution is 2.21. The van der Waals surface area contributed by atoms with Gasteiger partial charge < -0.3 is 10.6 Å². The van der Waals surface area contributed by atoms with Gasteiger partial charge in [-0.2, -0.15) is 0 Å². The number of hydrogen-bond acceptors (Lipinski definition) is 2. The first-order chi connectivity index (χ1) is 6.72. The molecule has 0 bridgehead atoms. The predicted octanol–water partition coefficient (Wildman–Crippen LogP) is 1.82. The van der Waals surface area contributed by atoms with Crippen LogP contribution in [0.3, 0.4) is 0 Å². The fourth-order valence-corrected chi connectivity index (χ4v) is 2.19. The molecule has 0 aromatic rings. The van der Waals surface area contributed by atoms with Crippen molar-refractivity contribution >= 4 is 5.84 Å². The van der Waals surface area contributed by atoms with Gasteiger partial charge in [0.2, 0.25) is 0 Å². The van der Waals surface area contributed by atoms with E-state index >= 15 is 0 Å². The van der Waals surface area contributed by atoms with E-state index in [0.29, 0.717) is 5.84 Å². The second kappa shape index (κ2) is 6.02. The van der Waals surface area contributed by atoms with Gasteiger partial charge in [-0.05, 0) is 31.8 Å². The van der Waals surface area contributed by atoms with E-state index in [-0.39, 0.29) is 0 Å². The Hall–Kier alpha value is -0.570.